The number of anilines is 2. The predicted molar refractivity (Wildman–Crippen MR) is 103 cm³/mol. The van der Waals surface area contributed by atoms with Gasteiger partial charge in [-0.3, -0.25) is 4.79 Å². The van der Waals surface area contributed by atoms with Crippen molar-refractivity contribution in [2.24, 2.45) is 0 Å². The second-order valence-electron chi connectivity index (χ2n) is 6.36. The molecule has 1 N–H and O–H groups in total. The van der Waals surface area contributed by atoms with Gasteiger partial charge in [0.1, 0.15) is 18.2 Å². The van der Waals surface area contributed by atoms with E-state index in [1.165, 1.54) is 6.07 Å². The molecule has 27 heavy (non-hydrogen) atoms. The summed E-state index contributed by atoms with van der Waals surface area (Å²) in [5.41, 5.74) is 2.10. The number of benzene rings is 2. The van der Waals surface area contributed by atoms with Gasteiger partial charge in [0.2, 0.25) is 0 Å². The maximum atomic E-state index is 14.5. The Morgan fingerprint density at radius 1 is 1.15 bits per heavy atom. The molecule has 0 unspecified atom stereocenters. The number of nitrogens with one attached hydrogen (secondary N) is 1. The van der Waals surface area contributed by atoms with E-state index in [4.69, 9.17) is 21.1 Å². The summed E-state index contributed by atoms with van der Waals surface area (Å²) in [5, 5.41) is 3.29. The lowest BCUT2D eigenvalue weighted by atomic mass is 10.1. The molecule has 2 aliphatic heterocycles. The minimum atomic E-state index is -0.374. The highest BCUT2D eigenvalue weighted by Gasteiger charge is 2.19. The molecule has 0 bridgehead atoms. The Morgan fingerprint density at radius 2 is 1.96 bits per heavy atom. The summed E-state index contributed by atoms with van der Waals surface area (Å²) in [6.45, 7) is 2.60. The first-order chi connectivity index (χ1) is 13.1. The Kier molecular flexibility index (Phi) is 5.01. The molecule has 2 heterocycles. The highest BCUT2D eigenvalue weighted by molar-refractivity contribution is 6.30. The normalized spacial score (nSPS) is 16.2. The van der Waals surface area contributed by atoms with Crippen LogP contribution in [0.25, 0.3) is 6.08 Å². The molecule has 0 atom stereocenters. The van der Waals surface area contributed by atoms with Gasteiger partial charge in [-0.1, -0.05) is 11.6 Å². The van der Waals surface area contributed by atoms with Gasteiger partial charge < -0.3 is 19.7 Å². The second-order valence-corrected chi connectivity index (χ2v) is 6.80. The lowest BCUT2D eigenvalue weighted by Crippen LogP contribution is -2.36. The SMILES string of the molecule is O=C(Nc1ccc(N2CCOCC2)c(F)c1)C1=Cc2cc(Cl)ccc2OC1. The Bertz CT molecular complexity index is 910. The van der Waals surface area contributed by atoms with E-state index in [0.717, 1.165) is 5.56 Å². The van der Waals surface area contributed by atoms with Crippen molar-refractivity contribution in [2.75, 3.05) is 43.1 Å². The first kappa shape index (κ1) is 17.8. The van der Waals surface area contributed by atoms with Crippen molar-refractivity contribution >= 4 is 35.0 Å². The monoisotopic (exact) mass is 388 g/mol. The zero-order chi connectivity index (χ0) is 18.8. The van der Waals surface area contributed by atoms with Gasteiger partial charge in [0.25, 0.3) is 5.91 Å². The molecule has 4 rings (SSSR count). The molecule has 0 radical (unpaired) electrons. The lowest BCUT2D eigenvalue weighted by Gasteiger charge is -2.29. The number of amides is 1. The van der Waals surface area contributed by atoms with E-state index in [-0.39, 0.29) is 18.3 Å². The Morgan fingerprint density at radius 3 is 2.74 bits per heavy atom. The van der Waals surface area contributed by atoms with Crippen molar-refractivity contribution in [2.45, 2.75) is 0 Å². The number of nitrogens with zero attached hydrogens (tertiary/aromatic N) is 1. The molecule has 5 nitrogen and oxygen atoms in total. The quantitative estimate of drug-likeness (QED) is 0.870. The van der Waals surface area contributed by atoms with Gasteiger partial charge in [-0.2, -0.15) is 0 Å². The van der Waals surface area contributed by atoms with E-state index in [1.807, 2.05) is 4.90 Å². The van der Waals surface area contributed by atoms with Gasteiger partial charge in [-0.05, 0) is 42.5 Å². The van der Waals surface area contributed by atoms with Crippen LogP contribution in [0, 0.1) is 5.82 Å². The standard InChI is InChI=1S/C20H18ClFN2O3/c21-15-1-4-19-13(10-15)9-14(12-27-19)20(25)23-16-2-3-18(17(22)11-16)24-5-7-26-8-6-24/h1-4,9-11H,5-8,12H2,(H,23,25). The van der Waals surface area contributed by atoms with Crippen LogP contribution in [0.4, 0.5) is 15.8 Å². The zero-order valence-electron chi connectivity index (χ0n) is 14.5. The van der Waals surface area contributed by atoms with Crippen LogP contribution in [-0.2, 0) is 9.53 Å². The molecule has 2 aromatic carbocycles. The predicted octanol–water partition coefficient (Wildman–Crippen LogP) is 3.73. The first-order valence-electron chi connectivity index (χ1n) is 8.67. The van der Waals surface area contributed by atoms with E-state index < -0.39 is 0 Å². The van der Waals surface area contributed by atoms with Crippen LogP contribution in [0.5, 0.6) is 5.75 Å². The molecule has 1 saturated heterocycles. The zero-order valence-corrected chi connectivity index (χ0v) is 15.3. The number of fused-ring (bicyclic) bond motifs is 1. The third kappa shape index (κ3) is 3.91. The number of rotatable bonds is 3. The highest BCUT2D eigenvalue weighted by atomic mass is 35.5. The third-order valence-corrected chi connectivity index (χ3v) is 4.77. The largest absolute Gasteiger partial charge is 0.488 e. The summed E-state index contributed by atoms with van der Waals surface area (Å²) in [7, 11) is 0. The Balaban J connectivity index is 1.49. The van der Waals surface area contributed by atoms with E-state index in [9.17, 15) is 9.18 Å². The molecular formula is C20H18ClFN2O3. The fourth-order valence-corrected chi connectivity index (χ4v) is 3.32. The van der Waals surface area contributed by atoms with Crippen molar-refractivity contribution in [3.8, 4) is 5.75 Å². The van der Waals surface area contributed by atoms with Crippen LogP contribution >= 0.6 is 11.6 Å². The van der Waals surface area contributed by atoms with Gasteiger partial charge in [-0.15, -0.1) is 0 Å². The van der Waals surface area contributed by atoms with E-state index in [1.54, 1.807) is 36.4 Å². The average Bonchev–Trinajstić information content (AvgIpc) is 2.68. The number of carbonyl (C=O) groups is 1. The van der Waals surface area contributed by atoms with Crippen molar-refractivity contribution in [1.29, 1.82) is 0 Å². The molecule has 1 fully saturated rings. The van der Waals surface area contributed by atoms with Crippen molar-refractivity contribution in [1.82, 2.24) is 0 Å². The van der Waals surface area contributed by atoms with Crippen LogP contribution in [0.1, 0.15) is 5.56 Å². The average molecular weight is 389 g/mol. The summed E-state index contributed by atoms with van der Waals surface area (Å²) >= 11 is 5.99. The van der Waals surface area contributed by atoms with Crippen LogP contribution in [0.2, 0.25) is 5.02 Å². The molecule has 0 aliphatic carbocycles. The molecule has 0 spiro atoms. The number of ether oxygens (including phenoxy) is 2. The van der Waals surface area contributed by atoms with Crippen LogP contribution in [0.15, 0.2) is 42.0 Å². The molecule has 140 valence electrons. The topological polar surface area (TPSA) is 50.8 Å². The minimum absolute atomic E-state index is 0.148. The van der Waals surface area contributed by atoms with Crippen molar-refractivity contribution in [3.05, 3.63) is 58.4 Å². The fraction of sp³-hybridized carbons (Fsp3) is 0.250. The molecule has 0 aromatic heterocycles. The van der Waals surface area contributed by atoms with Gasteiger partial charge >= 0.3 is 0 Å². The Labute approximate surface area is 161 Å². The number of halogens is 2. The maximum Gasteiger partial charge on any atom is 0.255 e. The smallest absolute Gasteiger partial charge is 0.255 e. The van der Waals surface area contributed by atoms with Crippen LogP contribution in [0.3, 0.4) is 0 Å². The highest BCUT2D eigenvalue weighted by Crippen LogP contribution is 2.30. The summed E-state index contributed by atoms with van der Waals surface area (Å²) in [6, 6.07) is 9.94. The van der Waals surface area contributed by atoms with Gasteiger partial charge in [0, 0.05) is 29.4 Å². The lowest BCUT2D eigenvalue weighted by molar-refractivity contribution is -0.113. The summed E-state index contributed by atoms with van der Waals surface area (Å²) in [6.07, 6.45) is 1.73. The molecule has 1 amide bonds. The fourth-order valence-electron chi connectivity index (χ4n) is 3.14. The van der Waals surface area contributed by atoms with Gasteiger partial charge in [0.15, 0.2) is 0 Å². The van der Waals surface area contributed by atoms with Crippen molar-refractivity contribution < 1.29 is 18.7 Å². The number of morpholine rings is 1. The van der Waals surface area contributed by atoms with E-state index >= 15 is 0 Å². The minimum Gasteiger partial charge on any atom is -0.488 e. The molecule has 2 aromatic rings. The van der Waals surface area contributed by atoms with Crippen molar-refractivity contribution in [3.63, 3.8) is 0 Å². The molecule has 0 saturated carbocycles. The van der Waals surface area contributed by atoms with E-state index in [2.05, 4.69) is 5.32 Å². The van der Waals surface area contributed by atoms with Gasteiger partial charge in [-0.25, -0.2) is 4.39 Å². The first-order valence-corrected chi connectivity index (χ1v) is 9.04. The van der Waals surface area contributed by atoms with E-state index in [0.29, 0.717) is 54.0 Å². The Hall–Kier alpha value is -2.57. The number of hydrogen-bond acceptors (Lipinski definition) is 4. The third-order valence-electron chi connectivity index (χ3n) is 4.53. The number of hydrogen-bond donors (Lipinski definition) is 1. The molecule has 7 heteroatoms. The van der Waals surface area contributed by atoms with Crippen LogP contribution in [-0.4, -0.2) is 38.8 Å². The summed E-state index contributed by atoms with van der Waals surface area (Å²) in [5.74, 6) is -0.0308. The number of carbonyl (C=O) groups excluding carboxylic acids is 1. The second kappa shape index (κ2) is 7.58. The van der Waals surface area contributed by atoms with Gasteiger partial charge in [0.05, 0.1) is 24.5 Å². The molecular weight excluding hydrogens is 371 g/mol. The molecule has 2 aliphatic rings. The van der Waals surface area contributed by atoms with Crippen LogP contribution < -0.4 is 15.0 Å². The summed E-state index contributed by atoms with van der Waals surface area (Å²) < 4.78 is 25.4. The maximum absolute atomic E-state index is 14.5. The summed E-state index contributed by atoms with van der Waals surface area (Å²) in [4.78, 5) is 14.5.